The number of halogens is 1. The van der Waals surface area contributed by atoms with Gasteiger partial charge in [-0.2, -0.15) is 5.10 Å². The molecule has 2 amide bonds. The standard InChI is InChI=1S/C27H32FN5O2/c1-18(2)25(34)30-24-19(3)31-33(23-7-5-4-6-8-23)27(24)32-15-13-21(14-16-32)26(35)29-17-20-9-11-22(28)12-10-20/h4-12,18,21H,13-17H2,1-3H3,(H,29,35)(H,30,34). The molecule has 1 aliphatic rings. The van der Waals surface area contributed by atoms with Crippen molar-refractivity contribution in [3.63, 3.8) is 0 Å². The second-order valence-corrected chi connectivity index (χ2v) is 9.28. The zero-order valence-corrected chi connectivity index (χ0v) is 20.4. The minimum absolute atomic E-state index is 0.00931. The van der Waals surface area contributed by atoms with Crippen LogP contribution >= 0.6 is 0 Å². The van der Waals surface area contributed by atoms with Crippen LogP contribution in [0.25, 0.3) is 5.69 Å². The van der Waals surface area contributed by atoms with Gasteiger partial charge in [-0.25, -0.2) is 9.07 Å². The first-order valence-electron chi connectivity index (χ1n) is 12.1. The van der Waals surface area contributed by atoms with Crippen LogP contribution in [0.4, 0.5) is 15.9 Å². The van der Waals surface area contributed by atoms with Crippen LogP contribution in [0.2, 0.25) is 0 Å². The van der Waals surface area contributed by atoms with E-state index in [9.17, 15) is 14.0 Å². The van der Waals surface area contributed by atoms with Crippen molar-refractivity contribution in [2.75, 3.05) is 23.3 Å². The third kappa shape index (κ3) is 5.70. The number of nitrogens with one attached hydrogen (secondary N) is 2. The minimum Gasteiger partial charge on any atom is -0.355 e. The number of carbonyl (C=O) groups excluding carboxylic acids is 2. The largest absolute Gasteiger partial charge is 0.355 e. The van der Waals surface area contributed by atoms with Gasteiger partial charge in [-0.05, 0) is 49.6 Å². The summed E-state index contributed by atoms with van der Waals surface area (Å²) in [5.74, 6) is 0.244. The summed E-state index contributed by atoms with van der Waals surface area (Å²) in [6.45, 7) is 7.33. The van der Waals surface area contributed by atoms with Crippen LogP contribution in [0, 0.1) is 24.6 Å². The number of anilines is 2. The van der Waals surface area contributed by atoms with Crippen molar-refractivity contribution in [1.82, 2.24) is 15.1 Å². The highest BCUT2D eigenvalue weighted by molar-refractivity contribution is 5.96. The van der Waals surface area contributed by atoms with E-state index in [1.807, 2.05) is 55.8 Å². The highest BCUT2D eigenvalue weighted by atomic mass is 19.1. The van der Waals surface area contributed by atoms with Crippen LogP contribution < -0.4 is 15.5 Å². The van der Waals surface area contributed by atoms with Gasteiger partial charge in [0.25, 0.3) is 0 Å². The van der Waals surface area contributed by atoms with E-state index in [0.717, 1.165) is 22.8 Å². The first-order chi connectivity index (χ1) is 16.8. The summed E-state index contributed by atoms with van der Waals surface area (Å²) < 4.78 is 15.0. The molecule has 1 aliphatic heterocycles. The molecular weight excluding hydrogens is 445 g/mol. The van der Waals surface area contributed by atoms with Crippen LogP contribution in [-0.2, 0) is 16.1 Å². The molecule has 184 valence electrons. The van der Waals surface area contributed by atoms with Crippen molar-refractivity contribution in [3.05, 3.63) is 71.7 Å². The number of carbonyl (C=O) groups is 2. The Morgan fingerprint density at radius 1 is 1.06 bits per heavy atom. The molecule has 1 saturated heterocycles. The molecule has 1 aromatic heterocycles. The molecule has 1 fully saturated rings. The maximum absolute atomic E-state index is 13.1. The predicted octanol–water partition coefficient (Wildman–Crippen LogP) is 4.45. The number of piperidine rings is 1. The number of rotatable bonds is 7. The molecule has 0 radical (unpaired) electrons. The van der Waals surface area contributed by atoms with Gasteiger partial charge in [0.2, 0.25) is 11.8 Å². The quantitative estimate of drug-likeness (QED) is 0.527. The summed E-state index contributed by atoms with van der Waals surface area (Å²) in [5, 5.41) is 10.8. The molecular formula is C27H32FN5O2. The molecule has 8 heteroatoms. The van der Waals surface area contributed by atoms with Crippen LogP contribution in [-0.4, -0.2) is 34.7 Å². The zero-order valence-electron chi connectivity index (χ0n) is 20.4. The Morgan fingerprint density at radius 3 is 2.34 bits per heavy atom. The van der Waals surface area contributed by atoms with Gasteiger partial charge in [0.05, 0.1) is 11.4 Å². The number of nitrogens with zero attached hydrogens (tertiary/aromatic N) is 3. The maximum Gasteiger partial charge on any atom is 0.227 e. The Hall–Kier alpha value is -3.68. The molecule has 4 rings (SSSR count). The zero-order chi connectivity index (χ0) is 24.9. The fourth-order valence-electron chi connectivity index (χ4n) is 4.26. The van der Waals surface area contributed by atoms with Gasteiger partial charge >= 0.3 is 0 Å². The molecule has 3 aromatic rings. The molecule has 0 spiro atoms. The molecule has 2 heterocycles. The van der Waals surface area contributed by atoms with Crippen LogP contribution in [0.15, 0.2) is 54.6 Å². The monoisotopic (exact) mass is 477 g/mol. The van der Waals surface area contributed by atoms with Crippen molar-refractivity contribution in [2.24, 2.45) is 11.8 Å². The van der Waals surface area contributed by atoms with Crippen LogP contribution in [0.5, 0.6) is 0 Å². The van der Waals surface area contributed by atoms with E-state index in [1.54, 1.807) is 12.1 Å². The first kappa shape index (κ1) is 24.4. The second-order valence-electron chi connectivity index (χ2n) is 9.28. The Bertz CT molecular complexity index is 1170. The normalized spacial score (nSPS) is 14.3. The molecule has 0 saturated carbocycles. The van der Waals surface area contributed by atoms with Crippen molar-refractivity contribution in [3.8, 4) is 5.69 Å². The van der Waals surface area contributed by atoms with Gasteiger partial charge in [0.1, 0.15) is 11.5 Å². The number of hydrogen-bond acceptors (Lipinski definition) is 4. The second kappa shape index (κ2) is 10.7. The minimum atomic E-state index is -0.290. The number of benzene rings is 2. The summed E-state index contributed by atoms with van der Waals surface area (Å²) in [4.78, 5) is 27.5. The Balaban J connectivity index is 1.49. The van der Waals surface area contributed by atoms with Crippen molar-refractivity contribution >= 4 is 23.3 Å². The van der Waals surface area contributed by atoms with E-state index < -0.39 is 0 Å². The highest BCUT2D eigenvalue weighted by Gasteiger charge is 2.30. The lowest BCUT2D eigenvalue weighted by atomic mass is 9.95. The van der Waals surface area contributed by atoms with Gasteiger partial charge in [0.15, 0.2) is 5.82 Å². The van der Waals surface area contributed by atoms with E-state index in [2.05, 4.69) is 15.5 Å². The highest BCUT2D eigenvalue weighted by Crippen LogP contribution is 2.35. The average molecular weight is 478 g/mol. The molecule has 0 bridgehead atoms. The van der Waals surface area contributed by atoms with E-state index >= 15 is 0 Å². The van der Waals surface area contributed by atoms with E-state index in [1.165, 1.54) is 12.1 Å². The van der Waals surface area contributed by atoms with E-state index in [-0.39, 0.29) is 29.5 Å². The molecule has 0 unspecified atom stereocenters. The van der Waals surface area contributed by atoms with Gasteiger partial charge in [0, 0.05) is 31.5 Å². The number of para-hydroxylation sites is 1. The Kier molecular flexibility index (Phi) is 7.48. The molecule has 2 N–H and O–H groups in total. The van der Waals surface area contributed by atoms with E-state index in [0.29, 0.717) is 38.2 Å². The summed E-state index contributed by atoms with van der Waals surface area (Å²) >= 11 is 0. The maximum atomic E-state index is 13.1. The van der Waals surface area contributed by atoms with Crippen LogP contribution in [0.1, 0.15) is 37.9 Å². The van der Waals surface area contributed by atoms with Gasteiger partial charge in [-0.15, -0.1) is 0 Å². The van der Waals surface area contributed by atoms with Crippen molar-refractivity contribution in [1.29, 1.82) is 0 Å². The summed E-state index contributed by atoms with van der Waals surface area (Å²) in [6.07, 6.45) is 1.37. The summed E-state index contributed by atoms with van der Waals surface area (Å²) in [7, 11) is 0. The molecule has 2 aromatic carbocycles. The fourth-order valence-corrected chi connectivity index (χ4v) is 4.26. The summed E-state index contributed by atoms with van der Waals surface area (Å²) in [6, 6.07) is 16.0. The number of amides is 2. The Labute approximate surface area is 205 Å². The predicted molar refractivity (Wildman–Crippen MR) is 135 cm³/mol. The smallest absolute Gasteiger partial charge is 0.227 e. The fraction of sp³-hybridized carbons (Fsp3) is 0.370. The third-order valence-electron chi connectivity index (χ3n) is 6.35. The third-order valence-corrected chi connectivity index (χ3v) is 6.35. The lowest BCUT2D eigenvalue weighted by Crippen LogP contribution is -2.41. The average Bonchev–Trinajstić information content (AvgIpc) is 3.19. The van der Waals surface area contributed by atoms with Gasteiger partial charge in [-0.1, -0.05) is 44.2 Å². The number of aromatic nitrogens is 2. The topological polar surface area (TPSA) is 79.3 Å². The molecule has 0 aliphatic carbocycles. The van der Waals surface area contributed by atoms with Gasteiger partial charge in [-0.3, -0.25) is 9.59 Å². The number of aryl methyl sites for hydroxylation is 1. The molecule has 7 nitrogen and oxygen atoms in total. The van der Waals surface area contributed by atoms with E-state index in [4.69, 9.17) is 5.10 Å². The molecule has 35 heavy (non-hydrogen) atoms. The lowest BCUT2D eigenvalue weighted by molar-refractivity contribution is -0.125. The van der Waals surface area contributed by atoms with Gasteiger partial charge < -0.3 is 15.5 Å². The van der Waals surface area contributed by atoms with Crippen LogP contribution in [0.3, 0.4) is 0 Å². The van der Waals surface area contributed by atoms with Crippen molar-refractivity contribution in [2.45, 2.75) is 40.2 Å². The summed E-state index contributed by atoms with van der Waals surface area (Å²) in [5.41, 5.74) is 3.24. The Morgan fingerprint density at radius 2 is 1.71 bits per heavy atom. The molecule has 0 atom stereocenters. The first-order valence-corrected chi connectivity index (χ1v) is 12.1. The lowest BCUT2D eigenvalue weighted by Gasteiger charge is -2.33. The van der Waals surface area contributed by atoms with Crippen molar-refractivity contribution < 1.29 is 14.0 Å². The SMILES string of the molecule is Cc1nn(-c2ccccc2)c(N2CCC(C(=O)NCc3ccc(F)cc3)CC2)c1NC(=O)C(C)C. The number of hydrogen-bond donors (Lipinski definition) is 2.